The number of pyridine rings is 1. The Morgan fingerprint density at radius 2 is 1.76 bits per heavy atom. The van der Waals surface area contributed by atoms with Gasteiger partial charge in [-0.1, -0.05) is 24.3 Å². The van der Waals surface area contributed by atoms with E-state index >= 15 is 0 Å². The van der Waals surface area contributed by atoms with Crippen LogP contribution in [-0.2, 0) is 0 Å². The zero-order chi connectivity index (χ0) is 25.7. The summed E-state index contributed by atoms with van der Waals surface area (Å²) in [6.45, 7) is 0.382. The molecule has 1 aliphatic heterocycles. The Morgan fingerprint density at radius 1 is 1.00 bits per heavy atom. The summed E-state index contributed by atoms with van der Waals surface area (Å²) in [6.07, 6.45) is 3.29. The van der Waals surface area contributed by atoms with Gasteiger partial charge in [0.2, 0.25) is 0 Å². The Hall–Kier alpha value is -4.56. The van der Waals surface area contributed by atoms with Gasteiger partial charge >= 0.3 is 0 Å². The number of hydrogen-bond acceptors (Lipinski definition) is 5. The number of nitrogens with one attached hydrogen (secondary N) is 1. The number of amides is 2. The van der Waals surface area contributed by atoms with Crippen LogP contribution in [0.5, 0.6) is 11.5 Å². The van der Waals surface area contributed by atoms with Crippen LogP contribution in [0.2, 0.25) is 0 Å². The summed E-state index contributed by atoms with van der Waals surface area (Å²) in [4.78, 5) is 32.2. The third-order valence-electron chi connectivity index (χ3n) is 6.63. The lowest BCUT2D eigenvalue weighted by atomic mass is 9.95. The van der Waals surface area contributed by atoms with E-state index in [2.05, 4.69) is 10.3 Å². The number of benzene rings is 3. The highest BCUT2D eigenvalue weighted by Gasteiger charge is 2.35. The number of fused-ring (bicyclic) bond motifs is 4. The minimum Gasteiger partial charge on any atom is -0.508 e. The Balaban J connectivity index is 1.31. The molecule has 0 aliphatic carbocycles. The van der Waals surface area contributed by atoms with E-state index in [9.17, 15) is 19.8 Å². The number of nitrogens with zero attached hydrogens (tertiary/aromatic N) is 3. The molecule has 0 saturated carbocycles. The van der Waals surface area contributed by atoms with E-state index in [1.165, 1.54) is 24.3 Å². The average Bonchev–Trinajstić information content (AvgIpc) is 3.50. The molecule has 0 fully saturated rings. The van der Waals surface area contributed by atoms with Crippen LogP contribution in [0.1, 0.15) is 32.3 Å². The first-order valence-corrected chi connectivity index (χ1v) is 12.2. The van der Waals surface area contributed by atoms with Crippen molar-refractivity contribution in [2.24, 2.45) is 0 Å². The summed E-state index contributed by atoms with van der Waals surface area (Å²) in [6, 6.07) is 18.5. The number of alkyl halides is 1. The van der Waals surface area contributed by atoms with Crippen LogP contribution in [0.3, 0.4) is 0 Å². The molecule has 1 unspecified atom stereocenters. The molecular formula is C28H21ClN4O4. The van der Waals surface area contributed by atoms with Crippen LogP contribution < -0.4 is 10.2 Å². The number of hydrogen-bond donors (Lipinski definition) is 3. The quantitative estimate of drug-likeness (QED) is 0.289. The highest BCUT2D eigenvalue weighted by molar-refractivity contribution is 6.19. The molecule has 0 spiro atoms. The van der Waals surface area contributed by atoms with E-state index in [1.807, 2.05) is 24.3 Å². The molecule has 0 bridgehead atoms. The fraction of sp³-hybridized carbons (Fsp3) is 0.107. The predicted molar refractivity (Wildman–Crippen MR) is 142 cm³/mol. The molecule has 37 heavy (non-hydrogen) atoms. The first-order chi connectivity index (χ1) is 17.9. The van der Waals surface area contributed by atoms with Crippen LogP contribution in [0.25, 0.3) is 16.4 Å². The molecule has 3 N–H and O–H groups in total. The Bertz CT molecular complexity index is 1700. The number of aromatic hydroxyl groups is 2. The second-order valence-electron chi connectivity index (χ2n) is 8.95. The molecule has 0 radical (unpaired) electrons. The van der Waals surface area contributed by atoms with Gasteiger partial charge in [0, 0.05) is 47.8 Å². The number of carbonyl (C=O) groups excluding carboxylic acids is 2. The number of carbonyl (C=O) groups is 2. The van der Waals surface area contributed by atoms with Crippen molar-refractivity contribution in [1.29, 1.82) is 0 Å². The standard InChI is InChI=1S/C28H21ClN4O4/c29-12-17-13-33(23-11-24(35)20-3-1-2-4-21(20)26(17)23)28(37)22-15-32-14-18(7-10-25(32)31-22)30-27(36)16-5-8-19(34)9-6-16/h1-11,14-15,17,34-35H,12-13H2,(H,30,36). The van der Waals surface area contributed by atoms with Gasteiger partial charge in [-0.25, -0.2) is 4.98 Å². The number of halogens is 1. The fourth-order valence-electron chi connectivity index (χ4n) is 4.87. The van der Waals surface area contributed by atoms with Gasteiger partial charge in [0.1, 0.15) is 22.8 Å². The molecule has 2 aromatic heterocycles. The first kappa shape index (κ1) is 22.9. The monoisotopic (exact) mass is 512 g/mol. The van der Waals surface area contributed by atoms with Crippen LogP contribution in [0.4, 0.5) is 11.4 Å². The molecule has 8 nitrogen and oxygen atoms in total. The third-order valence-corrected chi connectivity index (χ3v) is 7.01. The van der Waals surface area contributed by atoms with Crippen LogP contribution in [0, 0.1) is 0 Å². The molecule has 3 aromatic carbocycles. The van der Waals surface area contributed by atoms with Crippen molar-refractivity contribution in [3.63, 3.8) is 0 Å². The molecule has 184 valence electrons. The number of rotatable bonds is 4. The van der Waals surface area contributed by atoms with Crippen molar-refractivity contribution in [3.05, 3.63) is 95.9 Å². The zero-order valence-electron chi connectivity index (χ0n) is 19.4. The van der Waals surface area contributed by atoms with E-state index < -0.39 is 0 Å². The van der Waals surface area contributed by atoms with Crippen LogP contribution >= 0.6 is 11.6 Å². The second-order valence-corrected chi connectivity index (χ2v) is 9.26. The van der Waals surface area contributed by atoms with E-state index in [1.54, 1.807) is 39.9 Å². The van der Waals surface area contributed by atoms with Gasteiger partial charge in [0.25, 0.3) is 11.8 Å². The fourth-order valence-corrected chi connectivity index (χ4v) is 5.12. The van der Waals surface area contributed by atoms with Crippen molar-refractivity contribution in [3.8, 4) is 11.5 Å². The van der Waals surface area contributed by atoms with Crippen LogP contribution in [0.15, 0.2) is 79.1 Å². The van der Waals surface area contributed by atoms with E-state index in [4.69, 9.17) is 11.6 Å². The zero-order valence-corrected chi connectivity index (χ0v) is 20.2. The molecule has 6 rings (SSSR count). The number of phenolic OH excluding ortho intramolecular Hbond substituents is 2. The smallest absolute Gasteiger partial charge is 0.278 e. The van der Waals surface area contributed by atoms with Crippen molar-refractivity contribution >= 4 is 51.2 Å². The Labute approximate surface area is 216 Å². The molecule has 9 heteroatoms. The predicted octanol–water partition coefficient (Wildman–Crippen LogP) is 5.13. The van der Waals surface area contributed by atoms with Crippen molar-refractivity contribution in [2.75, 3.05) is 22.6 Å². The van der Waals surface area contributed by atoms with Gasteiger partial charge < -0.3 is 24.8 Å². The van der Waals surface area contributed by atoms with E-state index in [0.29, 0.717) is 35.0 Å². The summed E-state index contributed by atoms with van der Waals surface area (Å²) in [5.41, 5.74) is 3.27. The van der Waals surface area contributed by atoms with Gasteiger partial charge in [0.15, 0.2) is 0 Å². The summed E-state index contributed by atoms with van der Waals surface area (Å²) in [5.74, 6) is -0.197. The van der Waals surface area contributed by atoms with Crippen molar-refractivity contribution in [1.82, 2.24) is 9.38 Å². The summed E-state index contributed by atoms with van der Waals surface area (Å²) >= 11 is 6.30. The number of phenols is 2. The van der Waals surface area contributed by atoms with Gasteiger partial charge in [0.05, 0.1) is 11.4 Å². The lowest BCUT2D eigenvalue weighted by Crippen LogP contribution is -2.30. The van der Waals surface area contributed by atoms with Gasteiger partial charge in [-0.3, -0.25) is 9.59 Å². The van der Waals surface area contributed by atoms with Crippen molar-refractivity contribution in [2.45, 2.75) is 5.92 Å². The molecule has 0 saturated heterocycles. The minimum absolute atomic E-state index is 0.0787. The maximum absolute atomic E-state index is 13.6. The molecule has 2 amide bonds. The highest BCUT2D eigenvalue weighted by atomic mass is 35.5. The molecule has 1 aliphatic rings. The second kappa shape index (κ2) is 8.83. The first-order valence-electron chi connectivity index (χ1n) is 11.6. The van der Waals surface area contributed by atoms with Crippen molar-refractivity contribution < 1.29 is 19.8 Å². The molecule has 5 aromatic rings. The van der Waals surface area contributed by atoms with E-state index in [-0.39, 0.29) is 34.9 Å². The molecule has 3 heterocycles. The van der Waals surface area contributed by atoms with E-state index in [0.717, 1.165) is 16.3 Å². The SMILES string of the molecule is O=C(Nc1ccc2nc(C(=O)N3CC(CCl)c4c3cc(O)c3ccccc43)cn2c1)c1ccc(O)cc1. The largest absolute Gasteiger partial charge is 0.508 e. The minimum atomic E-state index is -0.330. The number of aromatic nitrogens is 2. The Kier molecular flexibility index (Phi) is 5.46. The maximum Gasteiger partial charge on any atom is 0.278 e. The lowest BCUT2D eigenvalue weighted by Gasteiger charge is -2.17. The third kappa shape index (κ3) is 3.91. The highest BCUT2D eigenvalue weighted by Crippen LogP contribution is 2.45. The van der Waals surface area contributed by atoms with Gasteiger partial charge in [-0.2, -0.15) is 0 Å². The number of imidazole rings is 1. The lowest BCUT2D eigenvalue weighted by molar-refractivity contribution is 0.0982. The maximum atomic E-state index is 13.6. The van der Waals surface area contributed by atoms with Crippen LogP contribution in [-0.4, -0.2) is 43.8 Å². The summed E-state index contributed by atoms with van der Waals surface area (Å²) < 4.78 is 1.67. The Morgan fingerprint density at radius 3 is 2.51 bits per heavy atom. The average molecular weight is 513 g/mol. The molecule has 1 atom stereocenters. The summed E-state index contributed by atoms with van der Waals surface area (Å²) in [7, 11) is 0. The summed E-state index contributed by atoms with van der Waals surface area (Å²) in [5, 5.41) is 24.5. The van der Waals surface area contributed by atoms with Gasteiger partial charge in [-0.05, 0) is 47.3 Å². The normalized spacial score (nSPS) is 14.7. The van der Waals surface area contributed by atoms with Gasteiger partial charge in [-0.15, -0.1) is 11.6 Å². The number of anilines is 2. The molecular weight excluding hydrogens is 492 g/mol. The topological polar surface area (TPSA) is 107 Å².